The van der Waals surface area contributed by atoms with Crippen molar-refractivity contribution in [3.05, 3.63) is 77.9 Å². The maximum absolute atomic E-state index is 13.1. The normalized spacial score (nSPS) is 16.2. The van der Waals surface area contributed by atoms with E-state index in [1.54, 1.807) is 12.4 Å². The fourth-order valence-corrected chi connectivity index (χ4v) is 3.23. The molecule has 1 aliphatic heterocycles. The number of ether oxygens (including phenoxy) is 1. The number of carbonyl (C=O) groups is 1. The second-order valence-corrected chi connectivity index (χ2v) is 6.85. The van der Waals surface area contributed by atoms with Gasteiger partial charge in [-0.15, -0.1) is 0 Å². The lowest BCUT2D eigenvalue weighted by Crippen LogP contribution is -2.39. The molecule has 1 atom stereocenters. The third-order valence-electron chi connectivity index (χ3n) is 4.83. The largest absolute Gasteiger partial charge is 0.491 e. The molecule has 1 aromatic carbocycles. The Kier molecular flexibility index (Phi) is 4.59. The fraction of sp³-hybridized carbons (Fsp3) is 0.227. The summed E-state index contributed by atoms with van der Waals surface area (Å²) in [7, 11) is 0. The molecule has 2 aromatic heterocycles. The van der Waals surface area contributed by atoms with Crippen LogP contribution < -0.4 is 4.74 Å². The molecule has 3 heterocycles. The number of amides is 1. The van der Waals surface area contributed by atoms with Crippen LogP contribution in [0.5, 0.6) is 5.75 Å². The van der Waals surface area contributed by atoms with Crippen LogP contribution in [0.25, 0.3) is 11.1 Å². The van der Waals surface area contributed by atoms with Crippen molar-refractivity contribution in [1.29, 1.82) is 0 Å². The Morgan fingerprint density at radius 2 is 2.04 bits per heavy atom. The highest BCUT2D eigenvalue weighted by Gasteiger charge is 2.27. The minimum atomic E-state index is -0.0342. The van der Waals surface area contributed by atoms with Gasteiger partial charge in [-0.2, -0.15) is 0 Å². The van der Waals surface area contributed by atoms with Crippen LogP contribution in [0.1, 0.15) is 28.5 Å². The predicted octanol–water partition coefficient (Wildman–Crippen LogP) is 3.88. The summed E-state index contributed by atoms with van der Waals surface area (Å²) in [6, 6.07) is 13.7. The molecule has 0 bridgehead atoms. The average Bonchev–Trinajstić information content (AvgIpc) is 2.87. The van der Waals surface area contributed by atoms with Gasteiger partial charge in [-0.3, -0.25) is 14.8 Å². The number of rotatable bonds is 2. The summed E-state index contributed by atoms with van der Waals surface area (Å²) in [5.41, 5.74) is 4.58. The Hall–Kier alpha value is -3.21. The van der Waals surface area contributed by atoms with Crippen molar-refractivity contribution < 1.29 is 9.53 Å². The highest BCUT2D eigenvalue weighted by Crippen LogP contribution is 2.30. The van der Waals surface area contributed by atoms with Crippen molar-refractivity contribution in [3.8, 4) is 16.9 Å². The van der Waals surface area contributed by atoms with Crippen LogP contribution in [0, 0.1) is 6.92 Å². The lowest BCUT2D eigenvalue weighted by Gasteiger charge is -2.26. The number of hydrogen-bond acceptors (Lipinski definition) is 4. The zero-order chi connectivity index (χ0) is 18.8. The molecule has 0 spiro atoms. The van der Waals surface area contributed by atoms with Gasteiger partial charge in [0.15, 0.2) is 0 Å². The molecule has 0 aliphatic carbocycles. The first kappa shape index (κ1) is 17.2. The summed E-state index contributed by atoms with van der Waals surface area (Å²) in [5.74, 6) is 0.796. The molecule has 5 heteroatoms. The maximum atomic E-state index is 13.1. The van der Waals surface area contributed by atoms with Gasteiger partial charge in [0.05, 0.1) is 18.2 Å². The molecule has 0 saturated heterocycles. The molecular formula is C22H21N3O2. The van der Waals surface area contributed by atoms with Gasteiger partial charge in [0.25, 0.3) is 5.91 Å². The molecule has 5 nitrogen and oxygen atoms in total. The van der Waals surface area contributed by atoms with Gasteiger partial charge >= 0.3 is 0 Å². The predicted molar refractivity (Wildman–Crippen MR) is 103 cm³/mol. The van der Waals surface area contributed by atoms with E-state index in [9.17, 15) is 4.79 Å². The van der Waals surface area contributed by atoms with E-state index in [0.29, 0.717) is 18.7 Å². The number of nitrogens with zero attached hydrogens (tertiary/aromatic N) is 3. The number of hydrogen-bond donors (Lipinski definition) is 0. The lowest BCUT2D eigenvalue weighted by molar-refractivity contribution is 0.0645. The van der Waals surface area contributed by atoms with Gasteiger partial charge in [0.1, 0.15) is 12.4 Å². The summed E-state index contributed by atoms with van der Waals surface area (Å²) < 4.78 is 5.96. The Labute approximate surface area is 158 Å². The lowest BCUT2D eigenvalue weighted by atomic mass is 10.0. The van der Waals surface area contributed by atoms with E-state index in [1.807, 2.05) is 61.3 Å². The smallest absolute Gasteiger partial charge is 0.256 e. The van der Waals surface area contributed by atoms with E-state index in [4.69, 9.17) is 4.74 Å². The molecule has 0 fully saturated rings. The van der Waals surface area contributed by atoms with Gasteiger partial charge < -0.3 is 9.64 Å². The second kappa shape index (κ2) is 7.19. The van der Waals surface area contributed by atoms with Crippen molar-refractivity contribution in [2.75, 3.05) is 6.61 Å². The molecule has 0 N–H and O–H groups in total. The quantitative estimate of drug-likeness (QED) is 0.697. The molecule has 1 unspecified atom stereocenters. The van der Waals surface area contributed by atoms with Crippen molar-refractivity contribution in [1.82, 2.24) is 14.9 Å². The van der Waals surface area contributed by atoms with Gasteiger partial charge in [0.2, 0.25) is 0 Å². The summed E-state index contributed by atoms with van der Waals surface area (Å²) >= 11 is 0. The molecular weight excluding hydrogens is 338 g/mol. The minimum Gasteiger partial charge on any atom is -0.491 e. The molecule has 1 amide bonds. The molecule has 136 valence electrons. The van der Waals surface area contributed by atoms with Gasteiger partial charge in [0, 0.05) is 35.4 Å². The van der Waals surface area contributed by atoms with E-state index >= 15 is 0 Å². The molecule has 1 aliphatic rings. The Morgan fingerprint density at radius 3 is 2.78 bits per heavy atom. The van der Waals surface area contributed by atoms with Crippen LogP contribution in [-0.4, -0.2) is 33.4 Å². The fourth-order valence-electron chi connectivity index (χ4n) is 3.23. The molecule has 27 heavy (non-hydrogen) atoms. The molecule has 4 rings (SSSR count). The van der Waals surface area contributed by atoms with E-state index in [-0.39, 0.29) is 11.9 Å². The van der Waals surface area contributed by atoms with Crippen LogP contribution in [0.15, 0.2) is 61.1 Å². The summed E-state index contributed by atoms with van der Waals surface area (Å²) in [5, 5.41) is 0. The standard InChI is InChI=1S/C22H21N3O2/c1-15-5-6-19(12-24-15)22(26)25-13-20-10-17(18-4-3-9-23-11-18)7-8-21(20)27-14-16(25)2/h3-12,16H,13-14H2,1-2H3. The molecule has 3 aromatic rings. The first-order valence-corrected chi connectivity index (χ1v) is 9.01. The van der Waals surface area contributed by atoms with Gasteiger partial charge in [-0.05, 0) is 49.7 Å². The first-order valence-electron chi connectivity index (χ1n) is 9.01. The third kappa shape index (κ3) is 3.53. The summed E-state index contributed by atoms with van der Waals surface area (Å²) in [6.07, 6.45) is 5.24. The number of pyridine rings is 2. The number of benzene rings is 1. The molecule has 0 saturated carbocycles. The molecule has 0 radical (unpaired) electrons. The van der Waals surface area contributed by atoms with Crippen LogP contribution in [0.3, 0.4) is 0 Å². The van der Waals surface area contributed by atoms with Crippen molar-refractivity contribution in [3.63, 3.8) is 0 Å². The Morgan fingerprint density at radius 1 is 1.15 bits per heavy atom. The van der Waals surface area contributed by atoms with Crippen molar-refractivity contribution in [2.24, 2.45) is 0 Å². The monoisotopic (exact) mass is 359 g/mol. The highest BCUT2D eigenvalue weighted by molar-refractivity contribution is 5.94. The number of aromatic nitrogens is 2. The number of fused-ring (bicyclic) bond motifs is 1. The van der Waals surface area contributed by atoms with Crippen LogP contribution in [0.2, 0.25) is 0 Å². The van der Waals surface area contributed by atoms with Gasteiger partial charge in [-0.1, -0.05) is 12.1 Å². The minimum absolute atomic E-state index is 0.0294. The van der Waals surface area contributed by atoms with E-state index in [1.165, 1.54) is 0 Å². The zero-order valence-electron chi connectivity index (χ0n) is 15.4. The number of aryl methyl sites for hydroxylation is 1. The van der Waals surface area contributed by atoms with E-state index in [0.717, 1.165) is 28.1 Å². The first-order chi connectivity index (χ1) is 13.1. The summed E-state index contributed by atoms with van der Waals surface area (Å²) in [4.78, 5) is 23.4. The van der Waals surface area contributed by atoms with Gasteiger partial charge in [-0.25, -0.2) is 0 Å². The Bertz CT molecular complexity index is 955. The van der Waals surface area contributed by atoms with Crippen molar-refractivity contribution >= 4 is 5.91 Å². The van der Waals surface area contributed by atoms with Crippen LogP contribution in [0.4, 0.5) is 0 Å². The SMILES string of the molecule is Cc1ccc(C(=O)N2Cc3cc(-c4cccnc4)ccc3OCC2C)cn1. The maximum Gasteiger partial charge on any atom is 0.256 e. The topological polar surface area (TPSA) is 55.3 Å². The van der Waals surface area contributed by atoms with Crippen molar-refractivity contribution in [2.45, 2.75) is 26.4 Å². The average molecular weight is 359 g/mol. The third-order valence-corrected chi connectivity index (χ3v) is 4.83. The highest BCUT2D eigenvalue weighted by atomic mass is 16.5. The zero-order valence-corrected chi connectivity index (χ0v) is 15.4. The van der Waals surface area contributed by atoms with Crippen LogP contribution >= 0.6 is 0 Å². The number of carbonyl (C=O) groups excluding carboxylic acids is 1. The van der Waals surface area contributed by atoms with E-state index < -0.39 is 0 Å². The van der Waals surface area contributed by atoms with Crippen LogP contribution in [-0.2, 0) is 6.54 Å². The summed E-state index contributed by atoms with van der Waals surface area (Å²) in [6.45, 7) is 4.88. The van der Waals surface area contributed by atoms with E-state index in [2.05, 4.69) is 16.0 Å². The second-order valence-electron chi connectivity index (χ2n) is 6.85. The Balaban J connectivity index is 1.67.